The van der Waals surface area contributed by atoms with E-state index in [-0.39, 0.29) is 11.9 Å². The highest BCUT2D eigenvalue weighted by Gasteiger charge is 2.32. The second kappa shape index (κ2) is 6.15. The van der Waals surface area contributed by atoms with Gasteiger partial charge in [-0.05, 0) is 26.7 Å². The van der Waals surface area contributed by atoms with Gasteiger partial charge in [0.1, 0.15) is 5.82 Å². The lowest BCUT2D eigenvalue weighted by Gasteiger charge is -2.22. The SMILES string of the molecule is Cc1csc(SCC(=O)N2CCCC2c2n[nH]c(C)n2)n1. The number of hydrogen-bond donors (Lipinski definition) is 1. The predicted molar refractivity (Wildman–Crippen MR) is 82.4 cm³/mol. The number of carbonyl (C=O) groups excluding carboxylic acids is 1. The van der Waals surface area contributed by atoms with Crippen LogP contribution in [0.5, 0.6) is 0 Å². The van der Waals surface area contributed by atoms with Crippen molar-refractivity contribution >= 4 is 29.0 Å². The van der Waals surface area contributed by atoms with Crippen molar-refractivity contribution in [2.75, 3.05) is 12.3 Å². The van der Waals surface area contributed by atoms with Gasteiger partial charge < -0.3 is 4.90 Å². The number of aromatic nitrogens is 4. The maximum Gasteiger partial charge on any atom is 0.233 e. The van der Waals surface area contributed by atoms with Gasteiger partial charge in [-0.3, -0.25) is 9.89 Å². The number of thiazole rings is 1. The Morgan fingerprint density at radius 3 is 3.05 bits per heavy atom. The van der Waals surface area contributed by atoms with Crippen LogP contribution in [-0.4, -0.2) is 43.3 Å². The van der Waals surface area contributed by atoms with Crippen LogP contribution in [0.15, 0.2) is 9.72 Å². The molecular weight excluding hydrogens is 306 g/mol. The zero-order valence-electron chi connectivity index (χ0n) is 12.0. The summed E-state index contributed by atoms with van der Waals surface area (Å²) in [5.74, 6) is 2.08. The van der Waals surface area contributed by atoms with Crippen LogP contribution in [0.4, 0.5) is 0 Å². The first-order chi connectivity index (χ1) is 10.1. The third-order valence-electron chi connectivity index (χ3n) is 3.40. The molecule has 1 unspecified atom stereocenters. The molecule has 0 radical (unpaired) electrons. The van der Waals surface area contributed by atoms with Gasteiger partial charge in [-0.25, -0.2) is 9.97 Å². The Balaban J connectivity index is 1.63. The minimum Gasteiger partial charge on any atom is -0.332 e. The molecule has 1 fully saturated rings. The lowest BCUT2D eigenvalue weighted by Crippen LogP contribution is -2.32. The third kappa shape index (κ3) is 3.26. The minimum absolute atomic E-state index is 0.0149. The average Bonchev–Trinajstić information content (AvgIpc) is 3.16. The first kappa shape index (κ1) is 14.5. The summed E-state index contributed by atoms with van der Waals surface area (Å²) < 4.78 is 0.949. The number of likely N-dealkylation sites (tertiary alicyclic amines) is 1. The molecule has 2 aromatic rings. The highest BCUT2D eigenvalue weighted by atomic mass is 32.2. The van der Waals surface area contributed by atoms with Crippen LogP contribution in [0, 0.1) is 13.8 Å². The molecule has 1 aliphatic rings. The highest BCUT2D eigenvalue weighted by Crippen LogP contribution is 2.31. The van der Waals surface area contributed by atoms with E-state index in [1.165, 1.54) is 11.8 Å². The second-order valence-electron chi connectivity index (χ2n) is 5.07. The van der Waals surface area contributed by atoms with E-state index in [9.17, 15) is 4.79 Å². The Morgan fingerprint density at radius 1 is 1.52 bits per heavy atom. The Hall–Kier alpha value is -1.41. The summed E-state index contributed by atoms with van der Waals surface area (Å²) in [6, 6.07) is 0.0149. The van der Waals surface area contributed by atoms with Crippen molar-refractivity contribution in [2.45, 2.75) is 37.1 Å². The summed E-state index contributed by atoms with van der Waals surface area (Å²) in [4.78, 5) is 23.1. The molecule has 0 spiro atoms. The van der Waals surface area contributed by atoms with Crippen LogP contribution in [0.1, 0.15) is 36.2 Å². The number of nitrogens with zero attached hydrogens (tertiary/aromatic N) is 4. The molecule has 0 aliphatic carbocycles. The predicted octanol–water partition coefficient (Wildman–Crippen LogP) is 2.33. The van der Waals surface area contributed by atoms with Crippen LogP contribution in [0.25, 0.3) is 0 Å². The lowest BCUT2D eigenvalue weighted by molar-refractivity contribution is -0.129. The number of thioether (sulfide) groups is 1. The molecule has 21 heavy (non-hydrogen) atoms. The summed E-state index contributed by atoms with van der Waals surface area (Å²) in [5, 5.41) is 9.06. The molecule has 3 heterocycles. The van der Waals surface area contributed by atoms with Crippen molar-refractivity contribution in [2.24, 2.45) is 0 Å². The second-order valence-corrected chi connectivity index (χ2v) is 7.15. The van der Waals surface area contributed by atoms with Gasteiger partial charge in [0.05, 0.1) is 11.8 Å². The van der Waals surface area contributed by atoms with E-state index in [1.807, 2.05) is 24.1 Å². The van der Waals surface area contributed by atoms with Gasteiger partial charge in [-0.15, -0.1) is 11.3 Å². The number of aromatic amines is 1. The number of hydrogen-bond acceptors (Lipinski definition) is 6. The van der Waals surface area contributed by atoms with Crippen molar-refractivity contribution in [3.05, 3.63) is 22.7 Å². The molecular formula is C13H17N5OS2. The van der Waals surface area contributed by atoms with E-state index in [0.29, 0.717) is 5.75 Å². The average molecular weight is 323 g/mol. The number of H-pyrrole nitrogens is 1. The molecule has 2 aromatic heterocycles. The normalized spacial score (nSPS) is 18.4. The molecule has 1 aliphatic heterocycles. The number of rotatable bonds is 4. The monoisotopic (exact) mass is 323 g/mol. The fraction of sp³-hybridized carbons (Fsp3) is 0.538. The van der Waals surface area contributed by atoms with Crippen molar-refractivity contribution in [1.29, 1.82) is 0 Å². The van der Waals surface area contributed by atoms with E-state index >= 15 is 0 Å². The molecule has 1 N–H and O–H groups in total. The van der Waals surface area contributed by atoms with E-state index in [1.54, 1.807) is 11.3 Å². The van der Waals surface area contributed by atoms with E-state index in [0.717, 1.165) is 41.1 Å². The zero-order valence-corrected chi connectivity index (χ0v) is 13.6. The van der Waals surface area contributed by atoms with Gasteiger partial charge in [0.25, 0.3) is 0 Å². The fourth-order valence-electron chi connectivity index (χ4n) is 2.45. The summed E-state index contributed by atoms with van der Waals surface area (Å²) in [5.41, 5.74) is 1.00. The third-order valence-corrected chi connectivity index (χ3v) is 5.53. The summed E-state index contributed by atoms with van der Waals surface area (Å²) in [6.07, 6.45) is 1.94. The van der Waals surface area contributed by atoms with Gasteiger partial charge in [0, 0.05) is 17.6 Å². The molecule has 0 aromatic carbocycles. The van der Waals surface area contributed by atoms with Crippen molar-refractivity contribution in [1.82, 2.24) is 25.1 Å². The van der Waals surface area contributed by atoms with E-state index < -0.39 is 0 Å². The van der Waals surface area contributed by atoms with Crippen LogP contribution >= 0.6 is 23.1 Å². The van der Waals surface area contributed by atoms with Crippen molar-refractivity contribution in [3.8, 4) is 0 Å². The maximum atomic E-state index is 12.4. The largest absolute Gasteiger partial charge is 0.332 e. The zero-order chi connectivity index (χ0) is 14.8. The van der Waals surface area contributed by atoms with Crippen LogP contribution < -0.4 is 0 Å². The Labute approximate surface area is 131 Å². The van der Waals surface area contributed by atoms with Gasteiger partial charge in [0.2, 0.25) is 5.91 Å². The lowest BCUT2D eigenvalue weighted by atomic mass is 10.2. The summed E-state index contributed by atoms with van der Waals surface area (Å²) in [7, 11) is 0. The Kier molecular flexibility index (Phi) is 4.25. The molecule has 6 nitrogen and oxygen atoms in total. The van der Waals surface area contributed by atoms with Gasteiger partial charge >= 0.3 is 0 Å². The molecule has 0 saturated carbocycles. The molecule has 0 bridgehead atoms. The topological polar surface area (TPSA) is 74.8 Å². The van der Waals surface area contributed by atoms with E-state index in [4.69, 9.17) is 0 Å². The number of nitrogens with one attached hydrogen (secondary N) is 1. The Morgan fingerprint density at radius 2 is 2.38 bits per heavy atom. The summed E-state index contributed by atoms with van der Waals surface area (Å²) in [6.45, 7) is 4.62. The maximum absolute atomic E-state index is 12.4. The van der Waals surface area contributed by atoms with Crippen molar-refractivity contribution in [3.63, 3.8) is 0 Å². The smallest absolute Gasteiger partial charge is 0.233 e. The quantitative estimate of drug-likeness (QED) is 0.874. The van der Waals surface area contributed by atoms with E-state index in [2.05, 4.69) is 20.2 Å². The first-order valence-corrected chi connectivity index (χ1v) is 8.73. The van der Waals surface area contributed by atoms with Crippen molar-refractivity contribution < 1.29 is 4.79 Å². The van der Waals surface area contributed by atoms with Crippen LogP contribution in [-0.2, 0) is 4.79 Å². The molecule has 1 saturated heterocycles. The van der Waals surface area contributed by atoms with Gasteiger partial charge in [-0.1, -0.05) is 11.8 Å². The van der Waals surface area contributed by atoms with Crippen LogP contribution in [0.3, 0.4) is 0 Å². The molecule has 8 heteroatoms. The first-order valence-electron chi connectivity index (χ1n) is 6.87. The highest BCUT2D eigenvalue weighted by molar-refractivity contribution is 8.01. The number of aryl methyl sites for hydroxylation is 2. The number of carbonyl (C=O) groups is 1. The standard InChI is InChI=1S/C13H17N5OS2/c1-8-6-20-13(14-8)21-7-11(19)18-5-3-4-10(18)12-15-9(2)16-17-12/h6,10H,3-5,7H2,1-2H3,(H,15,16,17). The fourth-order valence-corrected chi connectivity index (χ4v) is 4.18. The molecule has 1 amide bonds. The number of amides is 1. The van der Waals surface area contributed by atoms with Gasteiger partial charge in [-0.2, -0.15) is 5.10 Å². The molecule has 1 atom stereocenters. The van der Waals surface area contributed by atoms with Gasteiger partial charge in [0.15, 0.2) is 10.2 Å². The molecule has 112 valence electrons. The molecule has 3 rings (SSSR count). The minimum atomic E-state index is 0.0149. The summed E-state index contributed by atoms with van der Waals surface area (Å²) >= 11 is 3.09. The van der Waals surface area contributed by atoms with Crippen LogP contribution in [0.2, 0.25) is 0 Å². The Bertz CT molecular complexity index is 638.